The molecule has 0 aliphatic carbocycles. The zero-order valence-electron chi connectivity index (χ0n) is 18.5. The molecule has 0 saturated carbocycles. The number of esters is 1. The van der Waals surface area contributed by atoms with E-state index < -0.39 is 23.4 Å². The predicted molar refractivity (Wildman–Crippen MR) is 129 cm³/mol. The molecule has 0 unspecified atom stereocenters. The van der Waals surface area contributed by atoms with Gasteiger partial charge in [0, 0.05) is 24.4 Å². The molecule has 0 radical (unpaired) electrons. The number of para-hydroxylation sites is 1. The number of amides is 1. The average Bonchev–Trinajstić information content (AvgIpc) is 3.27. The van der Waals surface area contributed by atoms with Crippen LogP contribution in [0, 0.1) is 10.1 Å². The average molecular weight is 490 g/mol. The Kier molecular flexibility index (Phi) is 7.17. The summed E-state index contributed by atoms with van der Waals surface area (Å²) < 4.78 is 6.72. The molecule has 35 heavy (non-hydrogen) atoms. The minimum Gasteiger partial charge on any atom is -0.452 e. The van der Waals surface area contributed by atoms with Crippen LogP contribution in [0.1, 0.15) is 10.4 Å². The summed E-state index contributed by atoms with van der Waals surface area (Å²) >= 11 is 1.05. The molecule has 1 aromatic heterocycles. The molecule has 0 saturated heterocycles. The Morgan fingerprint density at radius 2 is 1.83 bits per heavy atom. The lowest BCUT2D eigenvalue weighted by Crippen LogP contribution is -2.21. The third-order valence-electron chi connectivity index (χ3n) is 4.88. The first-order chi connectivity index (χ1) is 16.9. The van der Waals surface area contributed by atoms with Crippen molar-refractivity contribution in [2.45, 2.75) is 10.1 Å². The third-order valence-corrected chi connectivity index (χ3v) is 6.00. The number of aryl methyl sites for hydroxylation is 1. The molecule has 11 heteroatoms. The second-order valence-corrected chi connectivity index (χ2v) is 8.31. The Bertz CT molecular complexity index is 1390. The van der Waals surface area contributed by atoms with E-state index in [9.17, 15) is 19.7 Å². The summed E-state index contributed by atoms with van der Waals surface area (Å²) in [7, 11) is 1.71. The van der Waals surface area contributed by atoms with E-state index in [0.717, 1.165) is 29.0 Å². The number of aromatic nitrogens is 3. The summed E-state index contributed by atoms with van der Waals surface area (Å²) in [6.45, 7) is -0.550. The molecule has 1 N–H and O–H groups in total. The molecule has 1 heterocycles. The fourth-order valence-electron chi connectivity index (χ4n) is 3.20. The van der Waals surface area contributed by atoms with Crippen LogP contribution in [0.2, 0.25) is 0 Å². The number of rotatable bonds is 8. The Labute approximate surface area is 204 Å². The highest BCUT2D eigenvalue weighted by Crippen LogP contribution is 2.34. The molecule has 0 bridgehead atoms. The van der Waals surface area contributed by atoms with Gasteiger partial charge < -0.3 is 14.6 Å². The van der Waals surface area contributed by atoms with Crippen LogP contribution in [0.3, 0.4) is 0 Å². The van der Waals surface area contributed by atoms with Crippen molar-refractivity contribution in [3.05, 3.63) is 94.8 Å². The highest BCUT2D eigenvalue weighted by Gasteiger charge is 2.21. The van der Waals surface area contributed by atoms with Crippen molar-refractivity contribution in [2.24, 2.45) is 7.05 Å². The maximum atomic E-state index is 12.5. The zero-order valence-corrected chi connectivity index (χ0v) is 19.3. The number of nitrogens with one attached hydrogen (secondary N) is 1. The van der Waals surface area contributed by atoms with Gasteiger partial charge >= 0.3 is 5.97 Å². The molecule has 10 nitrogen and oxygen atoms in total. The van der Waals surface area contributed by atoms with Gasteiger partial charge in [0.15, 0.2) is 11.8 Å². The number of nitro groups is 1. The van der Waals surface area contributed by atoms with E-state index in [1.165, 1.54) is 18.5 Å². The molecule has 0 fully saturated rings. The number of nitrogens with zero attached hydrogens (tertiary/aromatic N) is 4. The van der Waals surface area contributed by atoms with Crippen molar-refractivity contribution in [1.29, 1.82) is 0 Å². The van der Waals surface area contributed by atoms with Crippen LogP contribution in [-0.4, -0.2) is 38.2 Å². The summed E-state index contributed by atoms with van der Waals surface area (Å²) in [5, 5.41) is 22.4. The third kappa shape index (κ3) is 5.71. The first-order valence-electron chi connectivity index (χ1n) is 10.3. The number of carbonyl (C=O) groups excluding carboxylic acids is 2. The first kappa shape index (κ1) is 23.6. The highest BCUT2D eigenvalue weighted by atomic mass is 32.2. The zero-order chi connectivity index (χ0) is 24.8. The van der Waals surface area contributed by atoms with Gasteiger partial charge in [-0.15, -0.1) is 10.2 Å². The van der Waals surface area contributed by atoms with Gasteiger partial charge in [0.1, 0.15) is 6.33 Å². The molecule has 1 amide bonds. The number of anilines is 1. The van der Waals surface area contributed by atoms with Crippen molar-refractivity contribution in [2.75, 3.05) is 11.9 Å². The monoisotopic (exact) mass is 489 g/mol. The van der Waals surface area contributed by atoms with E-state index in [2.05, 4.69) is 15.5 Å². The Hall–Kier alpha value is -4.51. The van der Waals surface area contributed by atoms with Crippen molar-refractivity contribution >= 4 is 35.0 Å². The van der Waals surface area contributed by atoms with Crippen molar-refractivity contribution in [1.82, 2.24) is 14.8 Å². The number of carbonyl (C=O) groups is 2. The molecule has 0 aliphatic heterocycles. The molecule has 0 aliphatic rings. The van der Waals surface area contributed by atoms with Crippen molar-refractivity contribution < 1.29 is 19.2 Å². The molecule has 0 spiro atoms. The summed E-state index contributed by atoms with van der Waals surface area (Å²) in [5.41, 5.74) is 1.98. The summed E-state index contributed by atoms with van der Waals surface area (Å²) in [5.74, 6) is -1.39. The predicted octanol–water partition coefficient (Wildman–Crippen LogP) is 4.34. The van der Waals surface area contributed by atoms with Crippen LogP contribution in [-0.2, 0) is 16.6 Å². The number of hydrogen-bond acceptors (Lipinski definition) is 8. The van der Waals surface area contributed by atoms with Crippen LogP contribution in [0.4, 0.5) is 11.4 Å². The van der Waals surface area contributed by atoms with Crippen LogP contribution in [0.15, 0.2) is 89.2 Å². The lowest BCUT2D eigenvalue weighted by Gasteiger charge is -2.11. The molecule has 4 rings (SSSR count). The molecular weight excluding hydrogens is 470 g/mol. The Morgan fingerprint density at radius 1 is 1.09 bits per heavy atom. The second-order valence-electron chi connectivity index (χ2n) is 7.30. The summed E-state index contributed by atoms with van der Waals surface area (Å²) in [6.07, 6.45) is 1.48. The van der Waals surface area contributed by atoms with Gasteiger partial charge in [-0.3, -0.25) is 14.9 Å². The number of ether oxygens (including phenoxy) is 1. The second kappa shape index (κ2) is 10.6. The van der Waals surface area contributed by atoms with E-state index >= 15 is 0 Å². The smallest absolute Gasteiger partial charge is 0.338 e. The Balaban J connectivity index is 1.42. The van der Waals surface area contributed by atoms with E-state index in [1.807, 2.05) is 42.5 Å². The van der Waals surface area contributed by atoms with E-state index in [-0.39, 0.29) is 16.1 Å². The summed E-state index contributed by atoms with van der Waals surface area (Å²) in [4.78, 5) is 36.2. The minimum absolute atomic E-state index is 0.0449. The number of nitro benzene ring substituents is 1. The molecule has 4 aromatic rings. The van der Waals surface area contributed by atoms with Gasteiger partial charge in [0.2, 0.25) is 0 Å². The maximum absolute atomic E-state index is 12.5. The van der Waals surface area contributed by atoms with Crippen LogP contribution in [0.5, 0.6) is 0 Å². The SMILES string of the molecule is Cn1cnnc1Sc1ccc(C(=O)OCC(=O)Nc2ccccc2-c2ccccc2)cc1[N+](=O)[O-]. The van der Waals surface area contributed by atoms with Crippen LogP contribution < -0.4 is 5.32 Å². The normalized spacial score (nSPS) is 10.5. The molecular formula is C24H19N5O5S. The van der Waals surface area contributed by atoms with Gasteiger partial charge in [-0.25, -0.2) is 4.79 Å². The van der Waals surface area contributed by atoms with E-state index in [4.69, 9.17) is 4.74 Å². The highest BCUT2D eigenvalue weighted by molar-refractivity contribution is 7.99. The lowest BCUT2D eigenvalue weighted by atomic mass is 10.0. The van der Waals surface area contributed by atoms with Crippen LogP contribution in [0.25, 0.3) is 11.1 Å². The molecule has 176 valence electrons. The van der Waals surface area contributed by atoms with Crippen molar-refractivity contribution in [3.63, 3.8) is 0 Å². The Morgan fingerprint density at radius 3 is 2.54 bits per heavy atom. The first-order valence-corrected chi connectivity index (χ1v) is 11.2. The van der Waals surface area contributed by atoms with Gasteiger partial charge in [-0.1, -0.05) is 48.5 Å². The standard InChI is InChI=1S/C24H19N5O5S/c1-28-15-25-27-24(28)35-21-12-11-17(13-20(21)29(32)33)23(31)34-14-22(30)26-19-10-6-5-9-18(19)16-7-3-2-4-8-16/h2-13,15H,14H2,1H3,(H,26,30). The quantitative estimate of drug-likeness (QED) is 0.220. The fraction of sp³-hybridized carbons (Fsp3) is 0.0833. The topological polar surface area (TPSA) is 129 Å². The molecule has 3 aromatic carbocycles. The van der Waals surface area contributed by atoms with Gasteiger partial charge in [-0.05, 0) is 35.5 Å². The largest absolute Gasteiger partial charge is 0.452 e. The fourth-order valence-corrected chi connectivity index (χ4v) is 4.05. The van der Waals surface area contributed by atoms with Gasteiger partial charge in [0.05, 0.1) is 15.4 Å². The maximum Gasteiger partial charge on any atom is 0.338 e. The van der Waals surface area contributed by atoms with Gasteiger partial charge in [-0.2, -0.15) is 0 Å². The number of hydrogen-bond donors (Lipinski definition) is 1. The van der Waals surface area contributed by atoms with Crippen molar-refractivity contribution in [3.8, 4) is 11.1 Å². The minimum atomic E-state index is -0.852. The van der Waals surface area contributed by atoms with Crippen LogP contribution >= 0.6 is 11.8 Å². The number of benzene rings is 3. The lowest BCUT2D eigenvalue weighted by molar-refractivity contribution is -0.387. The summed E-state index contributed by atoms with van der Waals surface area (Å²) in [6, 6.07) is 20.7. The van der Waals surface area contributed by atoms with Gasteiger partial charge in [0.25, 0.3) is 11.6 Å². The van der Waals surface area contributed by atoms with E-state index in [0.29, 0.717) is 10.8 Å². The molecule has 0 atom stereocenters. The van der Waals surface area contributed by atoms with E-state index in [1.54, 1.807) is 23.7 Å².